The first-order chi connectivity index (χ1) is 11.1. The van der Waals surface area contributed by atoms with E-state index >= 15 is 0 Å². The van der Waals surface area contributed by atoms with E-state index in [0.29, 0.717) is 6.54 Å². The van der Waals surface area contributed by atoms with Gasteiger partial charge < -0.3 is 14.8 Å². The van der Waals surface area contributed by atoms with E-state index in [-0.39, 0.29) is 23.0 Å². The van der Waals surface area contributed by atoms with E-state index in [4.69, 9.17) is 16.4 Å². The summed E-state index contributed by atoms with van der Waals surface area (Å²) in [5, 5.41) is 24.4. The van der Waals surface area contributed by atoms with Crippen LogP contribution in [0.15, 0.2) is 29.4 Å². The summed E-state index contributed by atoms with van der Waals surface area (Å²) in [4.78, 5) is 17.6. The number of rotatable bonds is 7. The van der Waals surface area contributed by atoms with E-state index in [1.807, 2.05) is 0 Å². The molecule has 23 heavy (non-hydrogen) atoms. The lowest BCUT2D eigenvalue weighted by molar-refractivity contribution is -0.385. The van der Waals surface area contributed by atoms with Gasteiger partial charge in [0, 0.05) is 12.6 Å². The van der Waals surface area contributed by atoms with Crippen LogP contribution in [0.2, 0.25) is 0 Å². The van der Waals surface area contributed by atoms with Crippen molar-refractivity contribution in [3.8, 4) is 0 Å². The van der Waals surface area contributed by atoms with Crippen molar-refractivity contribution in [2.75, 3.05) is 26.2 Å². The minimum atomic E-state index is -0.674. The van der Waals surface area contributed by atoms with Gasteiger partial charge in [0.1, 0.15) is 12.7 Å². The van der Waals surface area contributed by atoms with Crippen LogP contribution in [0.4, 0.5) is 5.69 Å². The Hall–Kier alpha value is -1.70. The summed E-state index contributed by atoms with van der Waals surface area (Å²) in [5.74, 6) is 0. The van der Waals surface area contributed by atoms with Gasteiger partial charge in [-0.3, -0.25) is 10.1 Å². The van der Waals surface area contributed by atoms with E-state index in [1.165, 1.54) is 18.6 Å². The molecule has 7 nitrogen and oxygen atoms in total. The number of aliphatic hydroxyl groups excluding tert-OH is 1. The van der Waals surface area contributed by atoms with Gasteiger partial charge >= 0.3 is 0 Å². The monoisotopic (exact) mass is 341 g/mol. The largest absolute Gasteiger partial charge is 0.392 e. The zero-order chi connectivity index (χ0) is 16.7. The number of likely N-dealkylation sites (tertiary alicyclic amines) is 1. The fraction of sp³-hybridized carbons (Fsp3) is 0.533. The molecule has 0 aromatic heterocycles. The van der Waals surface area contributed by atoms with E-state index in [9.17, 15) is 15.2 Å². The molecule has 1 N–H and O–H groups in total. The van der Waals surface area contributed by atoms with Gasteiger partial charge in [0.05, 0.1) is 10.5 Å². The molecule has 1 unspecified atom stereocenters. The molecule has 0 amide bonds. The summed E-state index contributed by atoms with van der Waals surface area (Å²) in [6, 6.07) is 6.02. The number of nitro benzene ring substituents is 1. The molecule has 0 bridgehead atoms. The Morgan fingerprint density at radius 2 is 2.09 bits per heavy atom. The third kappa shape index (κ3) is 5.46. The number of hydrogen-bond acceptors (Lipinski definition) is 6. The molecule has 1 aliphatic rings. The highest BCUT2D eigenvalue weighted by Crippen LogP contribution is 2.20. The fourth-order valence-corrected chi connectivity index (χ4v) is 2.74. The molecule has 1 atom stereocenters. The normalized spacial score (nSPS) is 17.7. The maximum atomic E-state index is 10.9. The number of oxime groups is 1. The van der Waals surface area contributed by atoms with Crippen molar-refractivity contribution in [3.63, 3.8) is 0 Å². The summed E-state index contributed by atoms with van der Waals surface area (Å²) in [5.41, 5.74) is 0.0448. The van der Waals surface area contributed by atoms with Gasteiger partial charge in [0.15, 0.2) is 5.17 Å². The maximum Gasteiger partial charge on any atom is 0.279 e. The zero-order valence-corrected chi connectivity index (χ0v) is 13.5. The standard InChI is InChI=1S/C15H20ClN3O4/c16-15(13-6-2-3-7-14(13)19(21)22)17-23-11-12(20)10-18-8-4-1-5-9-18/h2-3,6-7,12,20H,1,4-5,8-11H2/b17-15-. The van der Waals surface area contributed by atoms with Gasteiger partial charge in [0.2, 0.25) is 0 Å². The molecule has 0 saturated carbocycles. The van der Waals surface area contributed by atoms with Crippen LogP contribution in [-0.4, -0.2) is 52.4 Å². The third-order valence-electron chi connectivity index (χ3n) is 3.65. The molecule has 2 rings (SSSR count). The van der Waals surface area contributed by atoms with Gasteiger partial charge in [-0.15, -0.1) is 0 Å². The number of nitro groups is 1. The first-order valence-corrected chi connectivity index (χ1v) is 7.95. The average Bonchev–Trinajstić information content (AvgIpc) is 2.55. The smallest absolute Gasteiger partial charge is 0.279 e. The van der Waals surface area contributed by atoms with Crippen molar-refractivity contribution in [3.05, 3.63) is 39.9 Å². The van der Waals surface area contributed by atoms with Crippen LogP contribution >= 0.6 is 11.6 Å². The highest BCUT2D eigenvalue weighted by atomic mass is 35.5. The SMILES string of the molecule is O=[N+]([O-])c1ccccc1/C(Cl)=N/OCC(O)CN1CCCCC1. The summed E-state index contributed by atoms with van der Waals surface area (Å²) in [6.45, 7) is 2.49. The van der Waals surface area contributed by atoms with E-state index in [2.05, 4.69) is 10.1 Å². The summed E-state index contributed by atoms with van der Waals surface area (Å²) in [7, 11) is 0. The molecule has 8 heteroatoms. The Morgan fingerprint density at radius 1 is 1.39 bits per heavy atom. The second-order valence-corrected chi connectivity index (χ2v) is 5.83. The second kappa shape index (κ2) is 8.81. The van der Waals surface area contributed by atoms with Gasteiger partial charge in [-0.05, 0) is 32.0 Å². The van der Waals surface area contributed by atoms with Crippen LogP contribution < -0.4 is 0 Å². The Bertz CT molecular complexity index is 561. The molecular formula is C15H20ClN3O4. The van der Waals surface area contributed by atoms with Gasteiger partial charge in [-0.1, -0.05) is 35.3 Å². The number of nitrogens with zero attached hydrogens (tertiary/aromatic N) is 3. The van der Waals surface area contributed by atoms with Crippen molar-refractivity contribution in [2.45, 2.75) is 25.4 Å². The molecule has 126 valence electrons. The second-order valence-electron chi connectivity index (χ2n) is 5.47. The Balaban J connectivity index is 1.86. The van der Waals surface area contributed by atoms with Crippen molar-refractivity contribution >= 4 is 22.5 Å². The molecule has 1 saturated heterocycles. The summed E-state index contributed by atoms with van der Waals surface area (Å²) >= 11 is 5.96. The number of benzene rings is 1. The van der Waals surface area contributed by atoms with Crippen LogP contribution in [0, 0.1) is 10.1 Å². The Kier molecular flexibility index (Phi) is 6.76. The van der Waals surface area contributed by atoms with Crippen molar-refractivity contribution in [1.82, 2.24) is 4.90 Å². The van der Waals surface area contributed by atoms with E-state index in [1.54, 1.807) is 12.1 Å². The Morgan fingerprint density at radius 3 is 2.78 bits per heavy atom. The molecule has 1 aromatic rings. The predicted molar refractivity (Wildman–Crippen MR) is 87.7 cm³/mol. The first kappa shape index (κ1) is 17.7. The van der Waals surface area contributed by atoms with Gasteiger partial charge in [0.25, 0.3) is 5.69 Å². The molecule has 0 spiro atoms. The predicted octanol–water partition coefficient (Wildman–Crippen LogP) is 2.36. The number of para-hydroxylation sites is 1. The van der Waals surface area contributed by atoms with Crippen LogP contribution in [-0.2, 0) is 4.84 Å². The van der Waals surface area contributed by atoms with E-state index in [0.717, 1.165) is 25.9 Å². The molecule has 1 aliphatic heterocycles. The summed E-state index contributed by atoms with van der Waals surface area (Å²) < 4.78 is 0. The third-order valence-corrected chi connectivity index (χ3v) is 3.92. The van der Waals surface area contributed by atoms with Gasteiger partial charge in [-0.25, -0.2) is 0 Å². The van der Waals surface area contributed by atoms with Crippen LogP contribution in [0.1, 0.15) is 24.8 Å². The lowest BCUT2D eigenvalue weighted by Gasteiger charge is -2.27. The highest BCUT2D eigenvalue weighted by Gasteiger charge is 2.18. The van der Waals surface area contributed by atoms with Gasteiger partial charge in [-0.2, -0.15) is 0 Å². The number of halogens is 1. The lowest BCUT2D eigenvalue weighted by Crippen LogP contribution is -2.38. The van der Waals surface area contributed by atoms with Crippen LogP contribution in [0.25, 0.3) is 0 Å². The van der Waals surface area contributed by atoms with Crippen LogP contribution in [0.5, 0.6) is 0 Å². The quantitative estimate of drug-likeness (QED) is 0.467. The van der Waals surface area contributed by atoms with Crippen molar-refractivity contribution in [1.29, 1.82) is 0 Å². The molecule has 1 heterocycles. The highest BCUT2D eigenvalue weighted by molar-refractivity contribution is 6.69. The number of hydrogen-bond donors (Lipinski definition) is 1. The number of β-amino-alcohol motifs (C(OH)–C–C–N with tert-alkyl or cyclic N) is 1. The molecule has 0 radical (unpaired) electrons. The Labute approximate surface area is 139 Å². The summed E-state index contributed by atoms with van der Waals surface area (Å²) in [6.07, 6.45) is 2.86. The maximum absolute atomic E-state index is 10.9. The average molecular weight is 342 g/mol. The first-order valence-electron chi connectivity index (χ1n) is 7.57. The zero-order valence-electron chi connectivity index (χ0n) is 12.7. The minimum Gasteiger partial charge on any atom is -0.392 e. The number of aliphatic hydroxyl groups is 1. The lowest BCUT2D eigenvalue weighted by atomic mass is 10.1. The molecular weight excluding hydrogens is 322 g/mol. The van der Waals surface area contributed by atoms with E-state index < -0.39 is 11.0 Å². The van der Waals surface area contributed by atoms with Crippen LogP contribution in [0.3, 0.4) is 0 Å². The fourth-order valence-electron chi connectivity index (χ4n) is 2.53. The minimum absolute atomic E-state index is 0.00660. The molecule has 0 aliphatic carbocycles. The van der Waals surface area contributed by atoms with Crippen molar-refractivity contribution < 1.29 is 14.9 Å². The topological polar surface area (TPSA) is 88.2 Å². The number of piperidine rings is 1. The molecule has 1 fully saturated rings. The molecule has 1 aromatic carbocycles. The van der Waals surface area contributed by atoms with Crippen molar-refractivity contribution in [2.24, 2.45) is 5.16 Å².